The number of ether oxygens (including phenoxy) is 2. The van der Waals surface area contributed by atoms with Crippen molar-refractivity contribution in [3.63, 3.8) is 0 Å². The lowest BCUT2D eigenvalue weighted by Gasteiger charge is -2.15. The average Bonchev–Trinajstić information content (AvgIpc) is 3.25. The molecule has 0 spiro atoms. The molecule has 37 heavy (non-hydrogen) atoms. The average molecular weight is 500 g/mol. The topological polar surface area (TPSA) is 65.4 Å². The van der Waals surface area contributed by atoms with Crippen molar-refractivity contribution in [3.8, 4) is 11.5 Å². The van der Waals surface area contributed by atoms with Crippen LogP contribution in [-0.2, 0) is 13.0 Å². The molecule has 6 nitrogen and oxygen atoms in total. The maximum atomic E-state index is 12.6. The van der Waals surface area contributed by atoms with Gasteiger partial charge in [0.1, 0.15) is 17.3 Å². The molecule has 1 N–H and O–H groups in total. The highest BCUT2D eigenvalue weighted by Crippen LogP contribution is 2.27. The molecular weight excluding hydrogens is 462 g/mol. The molecule has 0 unspecified atom stereocenters. The molecule has 0 saturated heterocycles. The third-order valence-electron chi connectivity index (χ3n) is 6.52. The fourth-order valence-corrected chi connectivity index (χ4v) is 4.52. The van der Waals surface area contributed by atoms with Crippen molar-refractivity contribution in [2.75, 3.05) is 20.3 Å². The van der Waals surface area contributed by atoms with E-state index in [1.165, 1.54) is 11.1 Å². The Hall–Kier alpha value is -3.80. The molecule has 194 valence electrons. The number of aromatic nitrogens is 2. The predicted molar refractivity (Wildman–Crippen MR) is 149 cm³/mol. The van der Waals surface area contributed by atoms with E-state index in [-0.39, 0.29) is 5.91 Å². The number of rotatable bonds is 12. The van der Waals surface area contributed by atoms with Crippen molar-refractivity contribution in [2.45, 2.75) is 52.5 Å². The molecule has 0 atom stereocenters. The largest absolute Gasteiger partial charge is 0.497 e. The second-order valence-electron chi connectivity index (χ2n) is 9.66. The Morgan fingerprint density at radius 2 is 1.86 bits per heavy atom. The molecule has 0 aliphatic heterocycles. The summed E-state index contributed by atoms with van der Waals surface area (Å²) in [6.45, 7) is 8.54. The molecule has 3 aromatic carbocycles. The van der Waals surface area contributed by atoms with Crippen LogP contribution in [0.5, 0.6) is 11.5 Å². The summed E-state index contributed by atoms with van der Waals surface area (Å²) in [5, 5.41) is 3.02. The lowest BCUT2D eigenvalue weighted by Crippen LogP contribution is -2.26. The number of aryl methyl sites for hydroxylation is 2. The quantitative estimate of drug-likeness (QED) is 0.232. The minimum atomic E-state index is -0.115. The van der Waals surface area contributed by atoms with Crippen LogP contribution in [0.4, 0.5) is 0 Å². The molecule has 0 fully saturated rings. The van der Waals surface area contributed by atoms with Gasteiger partial charge in [-0.25, -0.2) is 4.98 Å². The normalized spacial score (nSPS) is 11.2. The number of hydrogen-bond donors (Lipinski definition) is 1. The van der Waals surface area contributed by atoms with Gasteiger partial charge in [0.25, 0.3) is 5.91 Å². The van der Waals surface area contributed by atoms with Crippen molar-refractivity contribution < 1.29 is 14.3 Å². The second-order valence-corrected chi connectivity index (χ2v) is 9.66. The smallest absolute Gasteiger partial charge is 0.251 e. The number of imidazole rings is 1. The molecule has 0 bridgehead atoms. The Morgan fingerprint density at radius 1 is 1.03 bits per heavy atom. The maximum Gasteiger partial charge on any atom is 0.251 e. The molecule has 1 heterocycles. The van der Waals surface area contributed by atoms with Crippen LogP contribution in [0.3, 0.4) is 0 Å². The van der Waals surface area contributed by atoms with Crippen LogP contribution in [0.25, 0.3) is 11.0 Å². The number of fused-ring (bicyclic) bond motifs is 1. The van der Waals surface area contributed by atoms with E-state index in [9.17, 15) is 4.79 Å². The number of nitrogens with zero attached hydrogens (tertiary/aromatic N) is 2. The standard InChI is InChI=1S/C31H37N3O3/c1-22(2)26-15-14-23(3)20-29(26)37-19-8-7-18-34-28-13-6-5-12-27(28)33-30(34)16-17-32-31(35)24-10-9-11-25(21-24)36-4/h5-6,9-15,20-22H,7-8,16-19H2,1-4H3,(H,32,35). The van der Waals surface area contributed by atoms with E-state index in [0.717, 1.165) is 42.0 Å². The van der Waals surface area contributed by atoms with Gasteiger partial charge in [0.2, 0.25) is 0 Å². The summed E-state index contributed by atoms with van der Waals surface area (Å²) in [6.07, 6.45) is 2.58. The Balaban J connectivity index is 1.34. The van der Waals surface area contributed by atoms with Crippen molar-refractivity contribution in [1.29, 1.82) is 0 Å². The van der Waals surface area contributed by atoms with Gasteiger partial charge in [-0.1, -0.05) is 44.2 Å². The summed E-state index contributed by atoms with van der Waals surface area (Å²) in [5.74, 6) is 2.96. The molecule has 4 aromatic rings. The van der Waals surface area contributed by atoms with Crippen LogP contribution in [-0.4, -0.2) is 35.7 Å². The molecule has 0 aliphatic carbocycles. The van der Waals surface area contributed by atoms with Gasteiger partial charge in [-0.2, -0.15) is 0 Å². The van der Waals surface area contributed by atoms with Gasteiger partial charge in [0.05, 0.1) is 24.8 Å². The zero-order valence-electron chi connectivity index (χ0n) is 22.3. The van der Waals surface area contributed by atoms with Gasteiger partial charge in [0.15, 0.2) is 0 Å². The zero-order valence-corrected chi connectivity index (χ0v) is 22.3. The summed E-state index contributed by atoms with van der Waals surface area (Å²) in [5.41, 5.74) is 5.16. The van der Waals surface area contributed by atoms with Crippen LogP contribution >= 0.6 is 0 Å². The van der Waals surface area contributed by atoms with E-state index < -0.39 is 0 Å². The molecule has 4 rings (SSSR count). The first-order chi connectivity index (χ1) is 18.0. The van der Waals surface area contributed by atoms with Crippen molar-refractivity contribution in [2.24, 2.45) is 0 Å². The van der Waals surface area contributed by atoms with Crippen LogP contribution < -0.4 is 14.8 Å². The number of para-hydroxylation sites is 2. The van der Waals surface area contributed by atoms with Crippen molar-refractivity contribution >= 4 is 16.9 Å². The van der Waals surface area contributed by atoms with Gasteiger partial charge >= 0.3 is 0 Å². The van der Waals surface area contributed by atoms with E-state index in [0.29, 0.717) is 36.8 Å². The van der Waals surface area contributed by atoms with E-state index in [1.54, 1.807) is 19.2 Å². The number of unbranched alkanes of at least 4 members (excludes halogenated alkanes) is 1. The zero-order chi connectivity index (χ0) is 26.2. The molecular formula is C31H37N3O3. The minimum Gasteiger partial charge on any atom is -0.497 e. The number of methoxy groups -OCH3 is 1. The van der Waals surface area contributed by atoms with Crippen LogP contribution in [0.2, 0.25) is 0 Å². The monoisotopic (exact) mass is 499 g/mol. The Labute approximate surface area is 219 Å². The van der Waals surface area contributed by atoms with E-state index in [1.807, 2.05) is 30.3 Å². The fourth-order valence-electron chi connectivity index (χ4n) is 4.52. The molecule has 6 heteroatoms. The summed E-state index contributed by atoms with van der Waals surface area (Å²) in [4.78, 5) is 17.5. The number of nitrogens with one attached hydrogen (secondary N) is 1. The molecule has 1 aromatic heterocycles. The van der Waals surface area contributed by atoms with Gasteiger partial charge in [-0.05, 0) is 73.2 Å². The van der Waals surface area contributed by atoms with Gasteiger partial charge in [-0.3, -0.25) is 4.79 Å². The number of carbonyl (C=O) groups excluding carboxylic acids is 1. The Morgan fingerprint density at radius 3 is 2.68 bits per heavy atom. The highest BCUT2D eigenvalue weighted by Gasteiger charge is 2.12. The third-order valence-corrected chi connectivity index (χ3v) is 6.52. The second kappa shape index (κ2) is 12.4. The first-order valence-electron chi connectivity index (χ1n) is 13.1. The van der Waals surface area contributed by atoms with Crippen LogP contribution in [0.15, 0.2) is 66.7 Å². The third kappa shape index (κ3) is 6.70. The molecule has 0 radical (unpaired) electrons. The Bertz CT molecular complexity index is 1340. The highest BCUT2D eigenvalue weighted by atomic mass is 16.5. The number of carbonyl (C=O) groups is 1. The van der Waals surface area contributed by atoms with Gasteiger partial charge in [-0.15, -0.1) is 0 Å². The number of amides is 1. The molecule has 0 aliphatic rings. The van der Waals surface area contributed by atoms with Gasteiger partial charge < -0.3 is 19.4 Å². The van der Waals surface area contributed by atoms with E-state index >= 15 is 0 Å². The number of benzene rings is 3. The summed E-state index contributed by atoms with van der Waals surface area (Å²) in [6, 6.07) is 21.8. The SMILES string of the molecule is COc1cccc(C(=O)NCCc2nc3ccccc3n2CCCCOc2cc(C)ccc2C(C)C)c1. The van der Waals surface area contributed by atoms with E-state index in [4.69, 9.17) is 14.5 Å². The lowest BCUT2D eigenvalue weighted by atomic mass is 10.0. The summed E-state index contributed by atoms with van der Waals surface area (Å²) >= 11 is 0. The lowest BCUT2D eigenvalue weighted by molar-refractivity contribution is 0.0953. The number of hydrogen-bond acceptors (Lipinski definition) is 4. The van der Waals surface area contributed by atoms with Crippen molar-refractivity contribution in [1.82, 2.24) is 14.9 Å². The van der Waals surface area contributed by atoms with Gasteiger partial charge in [0, 0.05) is 25.1 Å². The Kier molecular flexibility index (Phi) is 8.83. The first-order valence-corrected chi connectivity index (χ1v) is 13.1. The fraction of sp³-hybridized carbons (Fsp3) is 0.355. The minimum absolute atomic E-state index is 0.115. The van der Waals surface area contributed by atoms with E-state index in [2.05, 4.69) is 54.9 Å². The maximum absolute atomic E-state index is 12.6. The summed E-state index contributed by atoms with van der Waals surface area (Å²) < 4.78 is 13.7. The van der Waals surface area contributed by atoms with Crippen LogP contribution in [0, 0.1) is 6.92 Å². The molecule has 0 saturated carbocycles. The van der Waals surface area contributed by atoms with Crippen molar-refractivity contribution in [3.05, 3.63) is 89.2 Å². The highest BCUT2D eigenvalue weighted by molar-refractivity contribution is 5.94. The first kappa shape index (κ1) is 26.3. The predicted octanol–water partition coefficient (Wildman–Crippen LogP) is 6.31. The molecule has 1 amide bonds. The van der Waals surface area contributed by atoms with Crippen LogP contribution in [0.1, 0.15) is 59.9 Å². The summed E-state index contributed by atoms with van der Waals surface area (Å²) in [7, 11) is 1.60.